The van der Waals surface area contributed by atoms with Crippen LogP contribution in [0.25, 0.3) is 0 Å². The molecule has 0 bridgehead atoms. The molecule has 2 atom stereocenters. The molecule has 2 fully saturated rings. The largest absolute Gasteiger partial charge is 0.336 e. The summed E-state index contributed by atoms with van der Waals surface area (Å²) >= 11 is 0. The second kappa shape index (κ2) is 6.60. The zero-order valence-electron chi connectivity index (χ0n) is 12.9. The molecule has 5 heteroatoms. The minimum absolute atomic E-state index is 0.113. The highest BCUT2D eigenvalue weighted by Gasteiger charge is 2.36. The zero-order chi connectivity index (χ0) is 14.7. The smallest absolute Gasteiger partial charge is 0.240 e. The molecule has 116 valence electrons. The Hall–Kier alpha value is -1.36. The first-order valence-corrected chi connectivity index (χ1v) is 8.31. The average molecular weight is 290 g/mol. The van der Waals surface area contributed by atoms with E-state index in [0.717, 1.165) is 45.4 Å². The quantitative estimate of drug-likeness (QED) is 0.848. The van der Waals surface area contributed by atoms with Crippen LogP contribution in [0.2, 0.25) is 0 Å². The Kier molecular flexibility index (Phi) is 4.58. The minimum Gasteiger partial charge on any atom is -0.336 e. The van der Waals surface area contributed by atoms with E-state index in [9.17, 15) is 4.79 Å². The molecule has 0 spiro atoms. The molecule has 1 aromatic heterocycles. The number of hydrogen-bond donors (Lipinski definition) is 0. The van der Waals surface area contributed by atoms with Gasteiger partial charge in [-0.25, -0.2) is 0 Å². The lowest BCUT2D eigenvalue weighted by Gasteiger charge is -2.37. The Morgan fingerprint density at radius 2 is 2.14 bits per heavy atom. The molecule has 0 aliphatic carbocycles. The number of rotatable bonds is 4. The van der Waals surface area contributed by atoms with E-state index in [2.05, 4.69) is 21.8 Å². The van der Waals surface area contributed by atoms with Crippen LogP contribution in [0.1, 0.15) is 39.0 Å². The van der Waals surface area contributed by atoms with Gasteiger partial charge in [-0.05, 0) is 44.8 Å². The third-order valence-electron chi connectivity index (χ3n) is 4.92. The predicted molar refractivity (Wildman–Crippen MR) is 81.8 cm³/mol. The van der Waals surface area contributed by atoms with Crippen LogP contribution in [0.5, 0.6) is 0 Å². The van der Waals surface area contributed by atoms with E-state index in [1.54, 1.807) is 6.20 Å². The van der Waals surface area contributed by atoms with Crippen LogP contribution in [-0.4, -0.2) is 57.2 Å². The SMILES string of the molecule is CCN1CCCC[C@H]1C(=O)N1CCC[C@H]1Cn1cccn1. The molecule has 2 aliphatic rings. The lowest BCUT2D eigenvalue weighted by atomic mass is 10.0. The molecule has 3 heterocycles. The van der Waals surface area contributed by atoms with Crippen molar-refractivity contribution in [3.05, 3.63) is 18.5 Å². The Labute approximate surface area is 126 Å². The summed E-state index contributed by atoms with van der Waals surface area (Å²) in [6, 6.07) is 2.38. The summed E-state index contributed by atoms with van der Waals surface area (Å²) in [5.74, 6) is 0.353. The molecule has 2 saturated heterocycles. The maximum atomic E-state index is 13.0. The van der Waals surface area contributed by atoms with Crippen molar-refractivity contribution in [1.82, 2.24) is 19.6 Å². The predicted octanol–water partition coefficient (Wildman–Crippen LogP) is 1.75. The van der Waals surface area contributed by atoms with E-state index >= 15 is 0 Å². The zero-order valence-corrected chi connectivity index (χ0v) is 12.9. The number of amides is 1. The standard InChI is InChI=1S/C16H26N4O/c1-2-18-10-4-3-8-15(18)16(21)20-12-5-7-14(20)13-19-11-6-9-17-19/h6,9,11,14-15H,2-5,7-8,10,12-13H2,1H3/t14-,15-/m0/s1. The van der Waals surface area contributed by atoms with Gasteiger partial charge in [0.25, 0.3) is 0 Å². The summed E-state index contributed by atoms with van der Waals surface area (Å²) in [4.78, 5) is 17.4. The van der Waals surface area contributed by atoms with Crippen LogP contribution in [0.4, 0.5) is 0 Å². The molecule has 0 N–H and O–H groups in total. The van der Waals surface area contributed by atoms with Gasteiger partial charge in [0.15, 0.2) is 0 Å². The Bertz CT molecular complexity index is 459. The first-order valence-electron chi connectivity index (χ1n) is 8.31. The molecule has 5 nitrogen and oxygen atoms in total. The first-order chi connectivity index (χ1) is 10.3. The monoisotopic (exact) mass is 290 g/mol. The summed E-state index contributed by atoms with van der Waals surface area (Å²) < 4.78 is 1.95. The number of likely N-dealkylation sites (tertiary alicyclic amines) is 2. The van der Waals surface area contributed by atoms with Gasteiger partial charge in [0.05, 0.1) is 18.6 Å². The van der Waals surface area contributed by atoms with Gasteiger partial charge < -0.3 is 4.90 Å². The molecule has 2 aliphatic heterocycles. The minimum atomic E-state index is 0.113. The van der Waals surface area contributed by atoms with Gasteiger partial charge in [0.1, 0.15) is 0 Å². The van der Waals surface area contributed by atoms with Crippen LogP contribution in [-0.2, 0) is 11.3 Å². The summed E-state index contributed by atoms with van der Waals surface area (Å²) in [7, 11) is 0. The summed E-state index contributed by atoms with van der Waals surface area (Å²) in [6.07, 6.45) is 9.46. The highest BCUT2D eigenvalue weighted by Crippen LogP contribution is 2.24. The van der Waals surface area contributed by atoms with Crippen molar-refractivity contribution in [2.45, 2.75) is 57.7 Å². The molecular weight excluding hydrogens is 264 g/mol. The van der Waals surface area contributed by atoms with Crippen LogP contribution in [0, 0.1) is 0 Å². The topological polar surface area (TPSA) is 41.4 Å². The lowest BCUT2D eigenvalue weighted by molar-refractivity contribution is -0.139. The second-order valence-electron chi connectivity index (χ2n) is 6.20. The van der Waals surface area contributed by atoms with Crippen molar-refractivity contribution in [2.24, 2.45) is 0 Å². The molecular formula is C16H26N4O. The van der Waals surface area contributed by atoms with E-state index in [1.807, 2.05) is 16.9 Å². The van der Waals surface area contributed by atoms with Gasteiger partial charge in [0, 0.05) is 18.9 Å². The van der Waals surface area contributed by atoms with E-state index < -0.39 is 0 Å². The molecule has 3 rings (SSSR count). The van der Waals surface area contributed by atoms with Gasteiger partial charge >= 0.3 is 0 Å². The molecule has 0 radical (unpaired) electrons. The van der Waals surface area contributed by atoms with Crippen molar-refractivity contribution in [1.29, 1.82) is 0 Å². The second-order valence-corrected chi connectivity index (χ2v) is 6.20. The number of nitrogens with zero attached hydrogens (tertiary/aromatic N) is 4. The highest BCUT2D eigenvalue weighted by molar-refractivity contribution is 5.82. The lowest BCUT2D eigenvalue weighted by Crippen LogP contribution is -2.52. The number of piperidine rings is 1. The molecule has 0 aromatic carbocycles. The number of carbonyl (C=O) groups excluding carboxylic acids is 1. The van der Waals surface area contributed by atoms with Crippen molar-refractivity contribution >= 4 is 5.91 Å². The molecule has 1 aromatic rings. The van der Waals surface area contributed by atoms with Gasteiger partial charge in [-0.2, -0.15) is 5.10 Å². The third-order valence-corrected chi connectivity index (χ3v) is 4.92. The number of carbonyl (C=O) groups is 1. The maximum Gasteiger partial charge on any atom is 0.240 e. The maximum absolute atomic E-state index is 13.0. The number of aromatic nitrogens is 2. The molecule has 21 heavy (non-hydrogen) atoms. The van der Waals surface area contributed by atoms with Gasteiger partial charge in [0.2, 0.25) is 5.91 Å². The Morgan fingerprint density at radius 3 is 2.90 bits per heavy atom. The van der Waals surface area contributed by atoms with Crippen LogP contribution in [0.15, 0.2) is 18.5 Å². The number of likely N-dealkylation sites (N-methyl/N-ethyl adjacent to an activating group) is 1. The summed E-state index contributed by atoms with van der Waals surface area (Å²) in [5.41, 5.74) is 0. The average Bonchev–Trinajstić information content (AvgIpc) is 3.19. The molecule has 0 unspecified atom stereocenters. The first kappa shape index (κ1) is 14.6. The van der Waals surface area contributed by atoms with Crippen LogP contribution in [0.3, 0.4) is 0 Å². The van der Waals surface area contributed by atoms with E-state index in [-0.39, 0.29) is 6.04 Å². The van der Waals surface area contributed by atoms with E-state index in [1.165, 1.54) is 12.8 Å². The highest BCUT2D eigenvalue weighted by atomic mass is 16.2. The van der Waals surface area contributed by atoms with Crippen LogP contribution < -0.4 is 0 Å². The van der Waals surface area contributed by atoms with Gasteiger partial charge in [-0.15, -0.1) is 0 Å². The van der Waals surface area contributed by atoms with Crippen LogP contribution >= 0.6 is 0 Å². The third kappa shape index (κ3) is 3.12. The summed E-state index contributed by atoms with van der Waals surface area (Å²) in [5, 5.41) is 4.29. The number of hydrogen-bond acceptors (Lipinski definition) is 3. The van der Waals surface area contributed by atoms with Gasteiger partial charge in [-0.1, -0.05) is 13.3 Å². The van der Waals surface area contributed by atoms with Crippen molar-refractivity contribution in [3.8, 4) is 0 Å². The fourth-order valence-corrected chi connectivity index (χ4v) is 3.78. The van der Waals surface area contributed by atoms with Gasteiger partial charge in [-0.3, -0.25) is 14.4 Å². The fraction of sp³-hybridized carbons (Fsp3) is 0.750. The summed E-state index contributed by atoms with van der Waals surface area (Å²) in [6.45, 7) is 5.96. The van der Waals surface area contributed by atoms with E-state index in [4.69, 9.17) is 0 Å². The van der Waals surface area contributed by atoms with Crippen molar-refractivity contribution in [2.75, 3.05) is 19.6 Å². The fourth-order valence-electron chi connectivity index (χ4n) is 3.78. The molecule has 1 amide bonds. The normalized spacial score (nSPS) is 27.2. The molecule has 0 saturated carbocycles. The Balaban J connectivity index is 1.67. The van der Waals surface area contributed by atoms with Crippen molar-refractivity contribution in [3.63, 3.8) is 0 Å². The van der Waals surface area contributed by atoms with Crippen molar-refractivity contribution < 1.29 is 4.79 Å². The Morgan fingerprint density at radius 1 is 1.24 bits per heavy atom. The van der Waals surface area contributed by atoms with E-state index in [0.29, 0.717) is 11.9 Å².